The van der Waals surface area contributed by atoms with Gasteiger partial charge in [-0.3, -0.25) is 4.55 Å². The Labute approximate surface area is 464 Å². The number of hydrogen-bond acceptors (Lipinski definition) is 11. The lowest BCUT2D eigenvalue weighted by Crippen LogP contribution is -2.10. The summed E-state index contributed by atoms with van der Waals surface area (Å²) in [6.45, 7) is -0.419. The Morgan fingerprint density at radius 1 is 0.468 bits per heavy atom. The minimum atomic E-state index is -4.85. The molecular formula is C55H36F8O6S8. The molecule has 8 rings (SSSR count). The van der Waals surface area contributed by atoms with Gasteiger partial charge in [-0.2, -0.15) is 17.2 Å². The molecule has 6 nitrogen and oxygen atoms in total. The van der Waals surface area contributed by atoms with Crippen LogP contribution in [-0.2, 0) is 20.0 Å². The highest BCUT2D eigenvalue weighted by Gasteiger charge is 2.35. The number of sulfone groups is 1. The van der Waals surface area contributed by atoms with Crippen molar-refractivity contribution in [3.8, 4) is 29.2 Å². The molecule has 0 radical (unpaired) electrons. The van der Waals surface area contributed by atoms with Crippen LogP contribution >= 0.6 is 70.6 Å². The third-order valence-electron chi connectivity index (χ3n) is 11.0. The fraction of sp³-hybridized carbons (Fsp3) is 0.0909. The van der Waals surface area contributed by atoms with Crippen molar-refractivity contribution < 1.29 is 61.2 Å². The smallest absolute Gasteiger partial charge is 0.295 e. The maximum Gasteiger partial charge on any atom is 0.295 e. The van der Waals surface area contributed by atoms with Crippen LogP contribution in [0.5, 0.6) is 5.75 Å². The third-order valence-corrected chi connectivity index (χ3v) is 19.7. The number of terminal acetylenes is 1. The van der Waals surface area contributed by atoms with Crippen LogP contribution in [0.4, 0.5) is 35.1 Å². The molecular weight excluding hydrogens is 1170 g/mol. The Balaban J connectivity index is 0.886. The van der Waals surface area contributed by atoms with Crippen molar-refractivity contribution in [2.24, 2.45) is 0 Å². The zero-order chi connectivity index (χ0) is 55.2. The van der Waals surface area contributed by atoms with Crippen LogP contribution in [0.2, 0.25) is 0 Å². The Morgan fingerprint density at radius 2 is 0.831 bits per heavy atom. The predicted octanol–water partition coefficient (Wildman–Crippen LogP) is 17.2. The van der Waals surface area contributed by atoms with Crippen molar-refractivity contribution in [3.05, 3.63) is 186 Å². The lowest BCUT2D eigenvalue weighted by atomic mass is 10.0. The van der Waals surface area contributed by atoms with Crippen LogP contribution in [0.15, 0.2) is 208 Å². The van der Waals surface area contributed by atoms with E-state index >= 15 is 26.3 Å². The molecule has 0 aliphatic rings. The summed E-state index contributed by atoms with van der Waals surface area (Å²) in [4.78, 5) is 4.67. The van der Waals surface area contributed by atoms with E-state index in [0.29, 0.717) is 21.1 Å². The zero-order valence-corrected chi connectivity index (χ0v) is 46.0. The van der Waals surface area contributed by atoms with Crippen LogP contribution in [0.1, 0.15) is 19.3 Å². The van der Waals surface area contributed by atoms with Gasteiger partial charge in [-0.15, -0.1) is 24.1 Å². The number of halogens is 8. The standard InChI is InChI=1S/C55H36F8O6S8/c1-3-4-5-6-29-69-54-50(60)46(56)44(47(57)51(54)61)45-48(58)52(62)55(53(63)49(45)59)75-39-21-17-36(18-22-39)72-33-11-13-34(14-12-33)73-37-23-25-40(26-24-37)76(64,65)41-27-28-42(43(30-41)77(66,67)68)74-38-19-15-35(16-20-38)71-32-9-7-31(70-2)8-10-32/h1,7-28,30H,4-6,29H2,2H3,(H,66,67,68). The molecule has 0 saturated heterocycles. The fourth-order valence-corrected chi connectivity index (χ4v) is 14.1. The number of unbranched alkanes of at least 4 members (excludes halogenated alkanes) is 2. The van der Waals surface area contributed by atoms with Gasteiger partial charge in [0.2, 0.25) is 21.5 Å². The first kappa shape index (κ1) is 57.7. The Morgan fingerprint density at radius 3 is 1.23 bits per heavy atom. The van der Waals surface area contributed by atoms with Gasteiger partial charge in [0.25, 0.3) is 10.1 Å². The van der Waals surface area contributed by atoms with Crippen LogP contribution < -0.4 is 4.74 Å². The van der Waals surface area contributed by atoms with Crippen LogP contribution in [0.3, 0.4) is 0 Å². The molecule has 22 heteroatoms. The maximum atomic E-state index is 15.4. The SMILES string of the molecule is C#CCCCCOc1c(F)c(F)c(-c2c(F)c(F)c(Sc3ccc(Sc4ccc(Sc5ccc(S(=O)(=O)c6ccc(Sc7ccc(Sc8ccc(SC)cc8)cc7)c(S(=O)(=O)O)c6)cc5)cc4)cc3)c(F)c2F)c(F)c1F. The summed E-state index contributed by atoms with van der Waals surface area (Å²) in [5, 5.41) is 0. The molecule has 1 N–H and O–H groups in total. The number of ether oxygens (including phenoxy) is 1. The predicted molar refractivity (Wildman–Crippen MR) is 286 cm³/mol. The number of thioether (sulfide) groups is 1. The number of hydrogen-bond donors (Lipinski definition) is 1. The fourth-order valence-electron chi connectivity index (χ4n) is 7.17. The summed E-state index contributed by atoms with van der Waals surface area (Å²) < 4.78 is 189. The second kappa shape index (κ2) is 25.1. The highest BCUT2D eigenvalue weighted by atomic mass is 32.2. The van der Waals surface area contributed by atoms with Crippen molar-refractivity contribution in [2.75, 3.05) is 12.9 Å². The van der Waals surface area contributed by atoms with E-state index in [4.69, 9.17) is 11.2 Å². The Bertz CT molecular complexity index is 3700. The van der Waals surface area contributed by atoms with Gasteiger partial charge in [-0.25, -0.2) is 34.8 Å². The van der Waals surface area contributed by atoms with E-state index < -0.39 is 99.8 Å². The van der Waals surface area contributed by atoms with E-state index in [0.717, 1.165) is 42.3 Å². The molecule has 0 aliphatic carbocycles. The zero-order valence-electron chi connectivity index (χ0n) is 39.5. The van der Waals surface area contributed by atoms with Crippen molar-refractivity contribution in [1.82, 2.24) is 0 Å². The first-order chi connectivity index (χ1) is 36.8. The largest absolute Gasteiger partial charge is 0.487 e. The van der Waals surface area contributed by atoms with E-state index in [1.807, 2.05) is 54.8 Å². The first-order valence-electron chi connectivity index (χ1n) is 22.4. The van der Waals surface area contributed by atoms with Crippen molar-refractivity contribution in [1.29, 1.82) is 0 Å². The van der Waals surface area contributed by atoms with Crippen LogP contribution in [-0.4, -0.2) is 34.3 Å². The highest BCUT2D eigenvalue weighted by molar-refractivity contribution is 8.01. The molecule has 0 aliphatic heterocycles. The van der Waals surface area contributed by atoms with E-state index in [9.17, 15) is 30.2 Å². The van der Waals surface area contributed by atoms with Gasteiger partial charge in [-0.1, -0.05) is 58.8 Å². The molecule has 0 atom stereocenters. The molecule has 0 spiro atoms. The molecule has 396 valence electrons. The average molecular weight is 1200 g/mol. The van der Waals surface area contributed by atoms with Crippen molar-refractivity contribution in [3.63, 3.8) is 0 Å². The Kier molecular flexibility index (Phi) is 18.8. The lowest BCUT2D eigenvalue weighted by Gasteiger charge is -2.16. The summed E-state index contributed by atoms with van der Waals surface area (Å²) in [6.07, 6.45) is 7.90. The molecule has 77 heavy (non-hydrogen) atoms. The number of rotatable bonds is 20. The second-order valence-electron chi connectivity index (χ2n) is 16.1. The topological polar surface area (TPSA) is 97.7 Å². The second-order valence-corrected chi connectivity index (χ2v) is 25.9. The molecule has 0 fully saturated rings. The molecule has 0 amide bonds. The maximum absolute atomic E-state index is 15.4. The van der Waals surface area contributed by atoms with Gasteiger partial charge in [0.1, 0.15) is 4.90 Å². The molecule has 0 aromatic heterocycles. The summed E-state index contributed by atoms with van der Waals surface area (Å²) in [5.74, 6) is -16.9. The molecule has 0 saturated carbocycles. The van der Waals surface area contributed by atoms with Gasteiger partial charge in [0.05, 0.1) is 32.4 Å². The average Bonchev–Trinajstić information content (AvgIpc) is 3.48. The van der Waals surface area contributed by atoms with Crippen LogP contribution in [0, 0.1) is 58.9 Å². The lowest BCUT2D eigenvalue weighted by molar-refractivity contribution is 0.265. The van der Waals surface area contributed by atoms with Crippen molar-refractivity contribution in [2.45, 2.75) is 87.8 Å². The number of benzene rings is 8. The third kappa shape index (κ3) is 13.5. The summed E-state index contributed by atoms with van der Waals surface area (Å²) in [5.41, 5.74) is -3.99. The van der Waals surface area contributed by atoms with Gasteiger partial charge in [-0.05, 0) is 159 Å². The monoisotopic (exact) mass is 1200 g/mol. The Hall–Kier alpha value is -5.48. The molecule has 8 aromatic rings. The highest BCUT2D eigenvalue weighted by Crippen LogP contribution is 2.44. The van der Waals surface area contributed by atoms with Gasteiger partial charge in [0, 0.05) is 55.4 Å². The summed E-state index contributed by atoms with van der Waals surface area (Å²) in [6, 6.07) is 38.1. The van der Waals surface area contributed by atoms with Gasteiger partial charge < -0.3 is 4.74 Å². The van der Waals surface area contributed by atoms with E-state index in [2.05, 4.69) is 5.92 Å². The summed E-state index contributed by atoms with van der Waals surface area (Å²) in [7, 11) is -9.09. The van der Waals surface area contributed by atoms with E-state index in [1.54, 1.807) is 72.1 Å². The normalized spacial score (nSPS) is 11.7. The minimum absolute atomic E-state index is 0.0963. The van der Waals surface area contributed by atoms with Crippen molar-refractivity contribution >= 4 is 90.5 Å². The van der Waals surface area contributed by atoms with Gasteiger partial charge in [0.15, 0.2) is 40.7 Å². The summed E-state index contributed by atoms with van der Waals surface area (Å²) >= 11 is 7.13. The van der Waals surface area contributed by atoms with E-state index in [-0.39, 0.29) is 44.2 Å². The molecule has 0 heterocycles. The van der Waals surface area contributed by atoms with Crippen LogP contribution in [0.25, 0.3) is 11.1 Å². The first-order valence-corrected chi connectivity index (χ1v) is 30.6. The van der Waals surface area contributed by atoms with Gasteiger partial charge >= 0.3 is 0 Å². The quantitative estimate of drug-likeness (QED) is 0.0197. The molecule has 0 bridgehead atoms. The molecule has 8 aromatic carbocycles. The van der Waals surface area contributed by atoms with E-state index in [1.165, 1.54) is 59.9 Å². The molecule has 0 unspecified atom stereocenters. The minimum Gasteiger partial charge on any atom is -0.487 e.